The maximum absolute atomic E-state index is 12.3. The van der Waals surface area contributed by atoms with Gasteiger partial charge in [0.2, 0.25) is 0 Å². The number of allylic oxidation sites excluding steroid dienone is 2. The molecule has 150 valence electrons. The first-order chi connectivity index (χ1) is 12.6. The molecule has 5 atom stereocenters. The van der Waals surface area contributed by atoms with Crippen LogP contribution in [0.25, 0.3) is 0 Å². The van der Waals surface area contributed by atoms with Crippen molar-refractivity contribution in [1.29, 1.82) is 0 Å². The van der Waals surface area contributed by atoms with Crippen molar-refractivity contribution in [2.45, 2.75) is 84.7 Å². The van der Waals surface area contributed by atoms with Crippen LogP contribution in [0.2, 0.25) is 0 Å². The first-order valence-electron chi connectivity index (χ1n) is 9.60. The summed E-state index contributed by atoms with van der Waals surface area (Å²) in [5, 5.41) is 0. The largest absolute Gasteiger partial charge is 0.459 e. The minimum Gasteiger partial charge on any atom is -0.459 e. The second kappa shape index (κ2) is 8.42. The van der Waals surface area contributed by atoms with Crippen molar-refractivity contribution >= 4 is 11.9 Å². The van der Waals surface area contributed by atoms with Crippen LogP contribution in [0, 0.1) is 5.92 Å². The molecule has 0 unspecified atom stereocenters. The van der Waals surface area contributed by atoms with Crippen LogP contribution in [-0.4, -0.2) is 35.9 Å². The Bertz CT molecular complexity index is 674. The van der Waals surface area contributed by atoms with Gasteiger partial charge in [-0.3, -0.25) is 4.79 Å². The minimum absolute atomic E-state index is 0.00389. The van der Waals surface area contributed by atoms with Crippen molar-refractivity contribution in [1.82, 2.24) is 0 Å². The van der Waals surface area contributed by atoms with E-state index in [0.717, 1.165) is 18.4 Å². The number of epoxide rings is 1. The van der Waals surface area contributed by atoms with E-state index in [2.05, 4.69) is 19.6 Å². The Balaban J connectivity index is 2.36. The SMILES string of the molecule is C=C(C)[C@@H]1CC/C(C)=C/C[C@H](OC(=O)/C(C)=C\C)[C@@]2(C)O[C@@H]2[C@@H]1OC(C)=O. The van der Waals surface area contributed by atoms with E-state index in [-0.39, 0.29) is 24.0 Å². The zero-order valence-electron chi connectivity index (χ0n) is 17.3. The van der Waals surface area contributed by atoms with Crippen LogP contribution in [0.15, 0.2) is 35.5 Å². The van der Waals surface area contributed by atoms with Gasteiger partial charge in [-0.05, 0) is 47.5 Å². The fourth-order valence-electron chi connectivity index (χ4n) is 3.66. The van der Waals surface area contributed by atoms with Crippen molar-refractivity contribution in [3.8, 4) is 0 Å². The van der Waals surface area contributed by atoms with Crippen molar-refractivity contribution in [2.24, 2.45) is 5.92 Å². The van der Waals surface area contributed by atoms with Crippen molar-refractivity contribution in [2.75, 3.05) is 0 Å². The number of hydrogen-bond donors (Lipinski definition) is 0. The van der Waals surface area contributed by atoms with E-state index in [1.165, 1.54) is 12.5 Å². The molecule has 1 aliphatic heterocycles. The zero-order chi connectivity index (χ0) is 20.4. The summed E-state index contributed by atoms with van der Waals surface area (Å²) < 4.78 is 17.5. The molecule has 0 amide bonds. The normalized spacial score (nSPS) is 35.9. The van der Waals surface area contributed by atoms with Gasteiger partial charge in [-0.25, -0.2) is 4.79 Å². The standard InChI is InChI=1S/C22H32O5/c1-8-15(5)21(24)26-18-12-10-14(4)9-11-17(13(2)3)19(25-16(6)23)20-22(18,7)27-20/h8,10,17-20H,2,9,11-12H2,1,3-7H3/b14-10+,15-8-/t17-,18-,19+,20+,22+/m0/s1. The summed E-state index contributed by atoms with van der Waals surface area (Å²) in [4.78, 5) is 24.1. The predicted molar refractivity (Wildman–Crippen MR) is 104 cm³/mol. The van der Waals surface area contributed by atoms with E-state index in [1.807, 2.05) is 13.8 Å². The smallest absolute Gasteiger partial charge is 0.333 e. The van der Waals surface area contributed by atoms with Gasteiger partial charge < -0.3 is 14.2 Å². The maximum Gasteiger partial charge on any atom is 0.333 e. The Labute approximate surface area is 162 Å². The molecule has 5 nitrogen and oxygen atoms in total. The number of carbonyl (C=O) groups excluding carboxylic acids is 2. The Morgan fingerprint density at radius 2 is 1.96 bits per heavy atom. The molecular formula is C22H32O5. The lowest BCUT2D eigenvalue weighted by molar-refractivity contribution is -0.151. The zero-order valence-corrected chi connectivity index (χ0v) is 17.3. The average Bonchev–Trinajstić information content (AvgIpc) is 3.28. The average molecular weight is 376 g/mol. The molecule has 1 aliphatic carbocycles. The summed E-state index contributed by atoms with van der Waals surface area (Å²) in [7, 11) is 0. The van der Waals surface area contributed by atoms with Gasteiger partial charge in [0.15, 0.2) is 0 Å². The third-order valence-electron chi connectivity index (χ3n) is 5.69. The molecule has 5 heteroatoms. The van der Waals surface area contributed by atoms with Crippen molar-refractivity contribution in [3.05, 3.63) is 35.5 Å². The molecule has 1 saturated heterocycles. The molecule has 0 bridgehead atoms. The fourth-order valence-corrected chi connectivity index (χ4v) is 3.66. The Morgan fingerprint density at radius 3 is 2.52 bits per heavy atom. The molecule has 27 heavy (non-hydrogen) atoms. The van der Waals surface area contributed by atoms with Crippen LogP contribution in [-0.2, 0) is 23.8 Å². The van der Waals surface area contributed by atoms with Crippen molar-refractivity contribution < 1.29 is 23.8 Å². The van der Waals surface area contributed by atoms with Gasteiger partial charge in [0.05, 0.1) is 0 Å². The van der Waals surface area contributed by atoms with E-state index in [4.69, 9.17) is 14.2 Å². The lowest BCUT2D eigenvalue weighted by Gasteiger charge is -2.30. The third-order valence-corrected chi connectivity index (χ3v) is 5.69. The minimum atomic E-state index is -0.689. The Kier molecular flexibility index (Phi) is 6.68. The molecule has 0 saturated carbocycles. The van der Waals surface area contributed by atoms with E-state index in [9.17, 15) is 9.59 Å². The van der Waals surface area contributed by atoms with Gasteiger partial charge in [-0.1, -0.05) is 29.9 Å². The highest BCUT2D eigenvalue weighted by Crippen LogP contribution is 2.48. The fraction of sp³-hybridized carbons (Fsp3) is 0.636. The lowest BCUT2D eigenvalue weighted by Crippen LogP contribution is -2.41. The van der Waals surface area contributed by atoms with Gasteiger partial charge in [0, 0.05) is 24.8 Å². The lowest BCUT2D eigenvalue weighted by atomic mass is 9.81. The molecule has 0 N–H and O–H groups in total. The van der Waals surface area contributed by atoms with E-state index in [0.29, 0.717) is 12.0 Å². The number of hydrogen-bond acceptors (Lipinski definition) is 5. The monoisotopic (exact) mass is 376 g/mol. The Hall–Kier alpha value is -1.88. The van der Waals surface area contributed by atoms with Gasteiger partial charge in [0.1, 0.15) is 23.9 Å². The van der Waals surface area contributed by atoms with E-state index in [1.54, 1.807) is 19.9 Å². The summed E-state index contributed by atoms with van der Waals surface area (Å²) >= 11 is 0. The van der Waals surface area contributed by atoms with E-state index >= 15 is 0 Å². The number of carbonyl (C=O) groups is 2. The number of rotatable bonds is 4. The predicted octanol–water partition coefficient (Wildman–Crippen LogP) is 4.28. The van der Waals surface area contributed by atoms with Gasteiger partial charge in [0.25, 0.3) is 0 Å². The molecule has 0 aromatic carbocycles. The molecule has 1 heterocycles. The maximum atomic E-state index is 12.3. The second-order valence-corrected chi connectivity index (χ2v) is 7.94. The highest BCUT2D eigenvalue weighted by Gasteiger charge is 2.64. The molecule has 2 rings (SSSR count). The summed E-state index contributed by atoms with van der Waals surface area (Å²) in [6.07, 6.45) is 4.94. The highest BCUT2D eigenvalue weighted by atomic mass is 16.7. The molecule has 0 radical (unpaired) electrons. The summed E-state index contributed by atoms with van der Waals surface area (Å²) in [5.41, 5.74) is 2.05. The van der Waals surface area contributed by atoms with Gasteiger partial charge in [-0.15, -0.1) is 0 Å². The van der Waals surface area contributed by atoms with Crippen LogP contribution >= 0.6 is 0 Å². The molecule has 1 fully saturated rings. The number of fused-ring (bicyclic) bond motifs is 1. The Morgan fingerprint density at radius 1 is 1.30 bits per heavy atom. The summed E-state index contributed by atoms with van der Waals surface area (Å²) in [6, 6.07) is 0. The van der Waals surface area contributed by atoms with Crippen LogP contribution in [0.1, 0.15) is 60.8 Å². The van der Waals surface area contributed by atoms with Crippen LogP contribution in [0.4, 0.5) is 0 Å². The highest BCUT2D eigenvalue weighted by molar-refractivity contribution is 5.87. The molecular weight excluding hydrogens is 344 g/mol. The molecule has 0 aromatic heterocycles. The molecule has 2 aliphatic rings. The summed E-state index contributed by atoms with van der Waals surface area (Å²) in [5.74, 6) is -0.691. The first-order valence-corrected chi connectivity index (χ1v) is 9.60. The first kappa shape index (κ1) is 21.4. The third kappa shape index (κ3) is 4.89. The second-order valence-electron chi connectivity index (χ2n) is 7.94. The number of ether oxygens (including phenoxy) is 3. The van der Waals surface area contributed by atoms with Gasteiger partial charge in [-0.2, -0.15) is 0 Å². The molecule has 0 spiro atoms. The van der Waals surface area contributed by atoms with Crippen LogP contribution in [0.5, 0.6) is 0 Å². The van der Waals surface area contributed by atoms with Crippen molar-refractivity contribution in [3.63, 3.8) is 0 Å². The van der Waals surface area contributed by atoms with Crippen LogP contribution in [0.3, 0.4) is 0 Å². The quantitative estimate of drug-likeness (QED) is 0.317. The summed E-state index contributed by atoms with van der Waals surface area (Å²) in [6.45, 7) is 15.0. The van der Waals surface area contributed by atoms with Gasteiger partial charge >= 0.3 is 11.9 Å². The van der Waals surface area contributed by atoms with E-state index < -0.39 is 17.8 Å². The molecule has 0 aromatic rings. The topological polar surface area (TPSA) is 65.1 Å². The van der Waals surface area contributed by atoms with Crippen LogP contribution < -0.4 is 0 Å². The number of esters is 2.